The highest BCUT2D eigenvalue weighted by molar-refractivity contribution is 7.17. The van der Waals surface area contributed by atoms with E-state index in [1.54, 1.807) is 10.9 Å². The predicted molar refractivity (Wildman–Crippen MR) is 111 cm³/mol. The van der Waals surface area contributed by atoms with Crippen molar-refractivity contribution in [3.63, 3.8) is 0 Å². The number of piperazine rings is 1. The van der Waals surface area contributed by atoms with E-state index in [9.17, 15) is 4.79 Å². The Morgan fingerprint density at radius 3 is 2.64 bits per heavy atom. The van der Waals surface area contributed by atoms with Crippen molar-refractivity contribution in [3.8, 4) is 0 Å². The number of anilines is 1. The minimum Gasteiger partial charge on any atom is -0.346 e. The summed E-state index contributed by atoms with van der Waals surface area (Å²) < 4.78 is 1.75. The molecular formula is C20H24N6OS. The van der Waals surface area contributed by atoms with E-state index in [2.05, 4.69) is 25.6 Å². The maximum Gasteiger partial charge on any atom is 0.264 e. The van der Waals surface area contributed by atoms with Crippen molar-refractivity contribution in [1.82, 2.24) is 25.4 Å². The highest BCUT2D eigenvalue weighted by Crippen LogP contribution is 2.28. The minimum atomic E-state index is -0.258. The third-order valence-corrected chi connectivity index (χ3v) is 6.06. The lowest BCUT2D eigenvalue weighted by atomic mass is 10.0. The van der Waals surface area contributed by atoms with E-state index in [0.29, 0.717) is 4.88 Å². The molecule has 1 atom stereocenters. The second-order valence-corrected chi connectivity index (χ2v) is 7.89. The van der Waals surface area contributed by atoms with Gasteiger partial charge in [-0.3, -0.25) is 9.48 Å². The number of benzene rings is 1. The number of carbonyl (C=O) groups is 1. The fourth-order valence-corrected chi connectivity index (χ4v) is 4.40. The number of aromatic nitrogens is 3. The lowest BCUT2D eigenvalue weighted by molar-refractivity contribution is 0.0946. The predicted octanol–water partition coefficient (Wildman–Crippen LogP) is 2.11. The van der Waals surface area contributed by atoms with Crippen LogP contribution in [0.3, 0.4) is 0 Å². The van der Waals surface area contributed by atoms with Gasteiger partial charge in [0.25, 0.3) is 5.91 Å². The number of thiazole rings is 1. The third-order valence-electron chi connectivity index (χ3n) is 4.85. The van der Waals surface area contributed by atoms with E-state index < -0.39 is 0 Å². The minimum absolute atomic E-state index is 0.103. The van der Waals surface area contributed by atoms with Crippen molar-refractivity contribution in [3.05, 3.63) is 64.4 Å². The maximum atomic E-state index is 13.1. The number of nitrogens with one attached hydrogen (secondary N) is 2. The summed E-state index contributed by atoms with van der Waals surface area (Å²) in [7, 11) is 1.88. The molecule has 146 valence electrons. The third kappa shape index (κ3) is 3.93. The fraction of sp³-hybridized carbons (Fsp3) is 0.350. The summed E-state index contributed by atoms with van der Waals surface area (Å²) in [5.74, 6) is -0.103. The molecule has 0 saturated carbocycles. The molecule has 8 heteroatoms. The van der Waals surface area contributed by atoms with E-state index >= 15 is 0 Å². The normalized spacial score (nSPS) is 15.4. The molecule has 1 aliphatic heterocycles. The molecule has 1 unspecified atom stereocenters. The van der Waals surface area contributed by atoms with Crippen LogP contribution in [0.15, 0.2) is 42.7 Å². The fourth-order valence-electron chi connectivity index (χ4n) is 3.37. The largest absolute Gasteiger partial charge is 0.346 e. The van der Waals surface area contributed by atoms with Crippen LogP contribution in [-0.4, -0.2) is 46.9 Å². The van der Waals surface area contributed by atoms with Crippen LogP contribution in [0, 0.1) is 6.92 Å². The molecule has 3 aromatic rings. The second-order valence-electron chi connectivity index (χ2n) is 6.91. The molecule has 3 heterocycles. The molecule has 2 aromatic heterocycles. The van der Waals surface area contributed by atoms with Crippen LogP contribution in [0.4, 0.5) is 5.13 Å². The maximum absolute atomic E-state index is 13.1. The summed E-state index contributed by atoms with van der Waals surface area (Å²) >= 11 is 1.47. The van der Waals surface area contributed by atoms with Crippen molar-refractivity contribution >= 4 is 22.4 Å². The number of amides is 1. The number of hydrogen-bond donors (Lipinski definition) is 2. The van der Waals surface area contributed by atoms with Gasteiger partial charge >= 0.3 is 0 Å². The van der Waals surface area contributed by atoms with Gasteiger partial charge in [-0.1, -0.05) is 41.7 Å². The summed E-state index contributed by atoms with van der Waals surface area (Å²) in [6, 6.07) is 9.70. The zero-order valence-corrected chi connectivity index (χ0v) is 16.9. The molecule has 28 heavy (non-hydrogen) atoms. The molecule has 7 nitrogen and oxygen atoms in total. The molecule has 1 fully saturated rings. The molecule has 1 amide bonds. The van der Waals surface area contributed by atoms with Gasteiger partial charge in [-0.25, -0.2) is 4.98 Å². The molecular weight excluding hydrogens is 372 g/mol. The first-order valence-electron chi connectivity index (χ1n) is 9.39. The molecule has 1 aliphatic rings. The van der Waals surface area contributed by atoms with Crippen LogP contribution in [0.1, 0.15) is 32.5 Å². The zero-order valence-electron chi connectivity index (χ0n) is 16.1. The van der Waals surface area contributed by atoms with Gasteiger partial charge in [-0.05, 0) is 12.5 Å². The summed E-state index contributed by atoms with van der Waals surface area (Å²) in [5, 5.41) is 11.7. The van der Waals surface area contributed by atoms with Crippen molar-refractivity contribution in [2.45, 2.75) is 13.0 Å². The van der Waals surface area contributed by atoms with Gasteiger partial charge in [0.1, 0.15) is 4.88 Å². The van der Waals surface area contributed by atoms with Crippen molar-refractivity contribution in [2.24, 2.45) is 7.05 Å². The lowest BCUT2D eigenvalue weighted by Crippen LogP contribution is -2.43. The Labute approximate surface area is 168 Å². The highest BCUT2D eigenvalue weighted by Gasteiger charge is 2.24. The summed E-state index contributed by atoms with van der Waals surface area (Å²) in [5.41, 5.74) is 2.74. The zero-order chi connectivity index (χ0) is 19.5. The molecule has 0 radical (unpaired) electrons. The highest BCUT2D eigenvalue weighted by atomic mass is 32.1. The molecule has 0 spiro atoms. The van der Waals surface area contributed by atoms with Gasteiger partial charge in [-0.15, -0.1) is 0 Å². The van der Waals surface area contributed by atoms with E-state index in [1.807, 2.05) is 50.5 Å². The molecule has 4 rings (SSSR count). The van der Waals surface area contributed by atoms with Crippen LogP contribution in [0.5, 0.6) is 0 Å². The van der Waals surface area contributed by atoms with Crippen molar-refractivity contribution in [2.75, 3.05) is 31.1 Å². The van der Waals surface area contributed by atoms with E-state index in [1.165, 1.54) is 11.3 Å². The van der Waals surface area contributed by atoms with Crippen molar-refractivity contribution in [1.29, 1.82) is 0 Å². The molecule has 1 aromatic carbocycles. The van der Waals surface area contributed by atoms with Crippen LogP contribution in [0.2, 0.25) is 0 Å². The van der Waals surface area contributed by atoms with Gasteiger partial charge in [0.05, 0.1) is 17.9 Å². The Bertz CT molecular complexity index is 945. The van der Waals surface area contributed by atoms with Gasteiger partial charge in [0.15, 0.2) is 5.13 Å². The number of aryl methyl sites for hydroxylation is 2. The average molecular weight is 397 g/mol. The Kier molecular flexibility index (Phi) is 5.40. The van der Waals surface area contributed by atoms with Crippen LogP contribution >= 0.6 is 11.3 Å². The molecule has 2 N–H and O–H groups in total. The SMILES string of the molecule is Cc1nc(N2CCNCC2)sc1C(=O)NC(c1ccccc1)c1cnn(C)c1. The second kappa shape index (κ2) is 8.12. The van der Waals surface area contributed by atoms with Crippen LogP contribution in [-0.2, 0) is 7.05 Å². The number of carbonyl (C=O) groups excluding carboxylic acids is 1. The van der Waals surface area contributed by atoms with Crippen LogP contribution < -0.4 is 15.5 Å². The summed E-state index contributed by atoms with van der Waals surface area (Å²) in [6.07, 6.45) is 3.73. The molecule has 1 saturated heterocycles. The number of rotatable bonds is 5. The Balaban J connectivity index is 1.59. The van der Waals surface area contributed by atoms with Gasteiger partial charge in [0, 0.05) is 45.0 Å². The first-order valence-corrected chi connectivity index (χ1v) is 10.2. The monoisotopic (exact) mass is 396 g/mol. The van der Waals surface area contributed by atoms with E-state index in [-0.39, 0.29) is 11.9 Å². The van der Waals surface area contributed by atoms with E-state index in [4.69, 9.17) is 0 Å². The molecule has 0 aliphatic carbocycles. The van der Waals surface area contributed by atoms with Gasteiger partial charge in [-0.2, -0.15) is 5.10 Å². The Morgan fingerprint density at radius 2 is 1.96 bits per heavy atom. The van der Waals surface area contributed by atoms with Gasteiger partial charge < -0.3 is 15.5 Å². The van der Waals surface area contributed by atoms with Gasteiger partial charge in [0.2, 0.25) is 0 Å². The van der Waals surface area contributed by atoms with Crippen LogP contribution in [0.25, 0.3) is 0 Å². The lowest BCUT2D eigenvalue weighted by Gasteiger charge is -2.26. The summed E-state index contributed by atoms with van der Waals surface area (Å²) in [6.45, 7) is 5.61. The smallest absolute Gasteiger partial charge is 0.264 e. The number of hydrogen-bond acceptors (Lipinski definition) is 6. The Hall–Kier alpha value is -2.71. The number of nitrogens with zero attached hydrogens (tertiary/aromatic N) is 4. The van der Waals surface area contributed by atoms with E-state index in [0.717, 1.165) is 48.1 Å². The molecule has 0 bridgehead atoms. The first-order chi connectivity index (χ1) is 13.6. The van der Waals surface area contributed by atoms with Crippen molar-refractivity contribution < 1.29 is 4.79 Å². The first kappa shape index (κ1) is 18.6. The topological polar surface area (TPSA) is 75.1 Å². The standard InChI is InChI=1S/C20H24N6OS/c1-14-18(28-20(23-14)26-10-8-21-9-11-26)19(27)24-17(15-6-4-3-5-7-15)16-12-22-25(2)13-16/h3-7,12-13,17,21H,8-11H2,1-2H3,(H,24,27). The average Bonchev–Trinajstić information content (AvgIpc) is 3.33. The Morgan fingerprint density at radius 1 is 1.21 bits per heavy atom. The quantitative estimate of drug-likeness (QED) is 0.691. The summed E-state index contributed by atoms with van der Waals surface area (Å²) in [4.78, 5) is 20.7.